The zero-order chi connectivity index (χ0) is 28.6. The molecule has 3 heterocycles. The Bertz CT molecular complexity index is 1460. The number of aryl methyl sites for hydroxylation is 1. The molecule has 0 saturated carbocycles. The second kappa shape index (κ2) is 13.2. The number of nitrogens with zero attached hydrogens (tertiary/aromatic N) is 5. The van der Waals surface area contributed by atoms with E-state index in [4.69, 9.17) is 18.6 Å². The van der Waals surface area contributed by atoms with Crippen LogP contribution in [0.15, 0.2) is 47.1 Å². The summed E-state index contributed by atoms with van der Waals surface area (Å²) in [5.41, 5.74) is 0.351. The van der Waals surface area contributed by atoms with Crippen molar-refractivity contribution in [1.29, 1.82) is 0 Å². The van der Waals surface area contributed by atoms with Gasteiger partial charge in [-0.25, -0.2) is 22.8 Å². The molecule has 0 bridgehead atoms. The van der Waals surface area contributed by atoms with Gasteiger partial charge in [-0.05, 0) is 31.2 Å². The molecule has 12 nitrogen and oxygen atoms in total. The van der Waals surface area contributed by atoms with Gasteiger partial charge in [0.1, 0.15) is 34.0 Å². The molecule has 39 heavy (non-hydrogen) atoms. The molecule has 0 saturated heterocycles. The van der Waals surface area contributed by atoms with Gasteiger partial charge >= 0.3 is 0 Å². The smallest absolute Gasteiger partial charge is 0.243 e. The number of rotatable bonds is 11. The lowest BCUT2D eigenvalue weighted by molar-refractivity contribution is 0.196. The maximum absolute atomic E-state index is 13.5. The van der Waals surface area contributed by atoms with Crippen LogP contribution in [0, 0.1) is 12.7 Å². The fourth-order valence-corrected chi connectivity index (χ4v) is 4.87. The van der Waals surface area contributed by atoms with E-state index in [0.29, 0.717) is 28.7 Å². The van der Waals surface area contributed by atoms with Gasteiger partial charge in [-0.15, -0.1) is 10.2 Å². The van der Waals surface area contributed by atoms with Crippen molar-refractivity contribution < 1.29 is 32.9 Å². The van der Waals surface area contributed by atoms with E-state index in [0.717, 1.165) is 12.4 Å². The zero-order valence-corrected chi connectivity index (χ0v) is 23.3. The lowest BCUT2D eigenvalue weighted by Crippen LogP contribution is -2.35. The van der Waals surface area contributed by atoms with E-state index in [1.54, 1.807) is 37.3 Å². The molecule has 0 aliphatic carbocycles. The second-order valence-electron chi connectivity index (χ2n) is 7.85. The molecule has 0 radical (unpaired) electrons. The number of sulfonamides is 1. The molecular weight excluding hydrogens is 531 g/mol. The fraction of sp³-hybridized carbons (Fsp3) is 0.360. The highest BCUT2D eigenvalue weighted by Gasteiger charge is 2.31. The van der Waals surface area contributed by atoms with Crippen molar-refractivity contribution in [1.82, 2.24) is 24.7 Å². The molecule has 1 atom stereocenters. The summed E-state index contributed by atoms with van der Waals surface area (Å²) in [4.78, 5) is 7.73. The summed E-state index contributed by atoms with van der Waals surface area (Å²) in [6, 6.07) is 8.54. The third-order valence-corrected chi connectivity index (χ3v) is 7.01. The summed E-state index contributed by atoms with van der Waals surface area (Å²) >= 11 is 0. The molecule has 0 fully saturated rings. The number of para-hydroxylation sites is 1. The first-order valence-electron chi connectivity index (χ1n) is 12.0. The van der Waals surface area contributed by atoms with E-state index >= 15 is 0 Å². The van der Waals surface area contributed by atoms with Crippen molar-refractivity contribution in [3.63, 3.8) is 0 Å². The van der Waals surface area contributed by atoms with Crippen molar-refractivity contribution in [3.8, 4) is 28.8 Å². The predicted molar refractivity (Wildman–Crippen MR) is 144 cm³/mol. The lowest BCUT2D eigenvalue weighted by atomic mass is 10.2. The van der Waals surface area contributed by atoms with Gasteiger partial charge < -0.3 is 18.6 Å². The van der Waals surface area contributed by atoms with Crippen molar-refractivity contribution in [3.05, 3.63) is 60.1 Å². The summed E-state index contributed by atoms with van der Waals surface area (Å²) in [7, 11) is 0.151. The summed E-state index contributed by atoms with van der Waals surface area (Å²) in [6.07, 6.45) is 1.79. The minimum Gasteiger partial charge on any atom is -0.494 e. The first-order chi connectivity index (χ1) is 18.8. The van der Waals surface area contributed by atoms with Gasteiger partial charge in [0.15, 0.2) is 11.6 Å². The van der Waals surface area contributed by atoms with Crippen LogP contribution in [0.25, 0.3) is 17.3 Å². The van der Waals surface area contributed by atoms with Crippen molar-refractivity contribution >= 4 is 16.0 Å². The number of nitrogens with one attached hydrogen (secondary N) is 1. The van der Waals surface area contributed by atoms with Crippen molar-refractivity contribution in [2.24, 2.45) is 0 Å². The third kappa shape index (κ3) is 6.70. The Labute approximate surface area is 227 Å². The van der Waals surface area contributed by atoms with Crippen LogP contribution in [0.4, 0.5) is 10.3 Å². The second-order valence-corrected chi connectivity index (χ2v) is 9.81. The fourth-order valence-electron chi connectivity index (χ4n) is 3.63. The summed E-state index contributed by atoms with van der Waals surface area (Å²) in [5, 5.41) is 7.16. The summed E-state index contributed by atoms with van der Waals surface area (Å²) in [6.45, 7) is 5.58. The quantitative estimate of drug-likeness (QED) is 0.283. The van der Waals surface area contributed by atoms with Gasteiger partial charge in [-0.1, -0.05) is 19.9 Å². The molecule has 0 aliphatic rings. The predicted octanol–water partition coefficient (Wildman–Crippen LogP) is 4.05. The van der Waals surface area contributed by atoms with E-state index in [1.165, 1.54) is 25.9 Å². The average Bonchev–Trinajstić information content (AvgIpc) is 3.55. The van der Waals surface area contributed by atoms with Gasteiger partial charge in [0.25, 0.3) is 0 Å². The molecule has 3 aromatic heterocycles. The first kappa shape index (κ1) is 29.5. The van der Waals surface area contributed by atoms with Gasteiger partial charge in [-0.3, -0.25) is 9.29 Å². The Kier molecular flexibility index (Phi) is 9.95. The van der Waals surface area contributed by atoms with Crippen LogP contribution in [0.5, 0.6) is 11.5 Å². The normalized spacial score (nSPS) is 11.9. The monoisotopic (exact) mass is 564 g/mol. The number of ether oxygens (including phenoxy) is 3. The number of aromatic nitrogens is 5. The van der Waals surface area contributed by atoms with Crippen LogP contribution in [0.3, 0.4) is 0 Å². The Hall–Kier alpha value is -4.04. The Morgan fingerprint density at radius 2 is 1.69 bits per heavy atom. The number of hydrogen-bond acceptors (Lipinski definition) is 10. The maximum atomic E-state index is 13.5. The Morgan fingerprint density at radius 3 is 2.23 bits per heavy atom. The molecule has 1 aromatic carbocycles. The number of hydrogen-bond donors (Lipinski definition) is 1. The first-order valence-corrected chi connectivity index (χ1v) is 13.5. The van der Waals surface area contributed by atoms with E-state index in [9.17, 15) is 12.8 Å². The van der Waals surface area contributed by atoms with Gasteiger partial charge in [0.05, 0.1) is 33.2 Å². The van der Waals surface area contributed by atoms with Crippen LogP contribution in [-0.4, -0.2) is 66.3 Å². The van der Waals surface area contributed by atoms with Crippen molar-refractivity contribution in [2.75, 3.05) is 32.7 Å². The summed E-state index contributed by atoms with van der Waals surface area (Å²) in [5.74, 6) is 1.28. The van der Waals surface area contributed by atoms with Gasteiger partial charge in [-0.2, -0.15) is 0 Å². The molecule has 0 spiro atoms. The molecule has 0 amide bonds. The standard InChI is InChI=1S/C23H25FN6O6S.C2H6.H2/c1-14-8-9-19(36-14)22-27-28-23(30(22)21-17(34-3)6-5-7-18(21)35-4)29-37(31,32)16(13-33-2)10-20-25-11-15(24)12-26-20;1-2;/h5-9,11-12,16H,10,13H2,1-4H3,(H,28,29);1-2H3;1H/t16-;;/m1../s1. The molecular formula is C25H33FN6O6S. The highest BCUT2D eigenvalue weighted by Crippen LogP contribution is 2.38. The topological polar surface area (TPSA) is 143 Å². The lowest BCUT2D eigenvalue weighted by Gasteiger charge is -2.19. The Balaban J connectivity index is 0.00000183. The minimum atomic E-state index is -4.16. The minimum absolute atomic E-state index is 0. The van der Waals surface area contributed by atoms with Crippen LogP contribution in [0.1, 0.15) is 26.9 Å². The molecule has 14 heteroatoms. The molecule has 4 aromatic rings. The van der Waals surface area contributed by atoms with Crippen LogP contribution in [-0.2, 0) is 21.2 Å². The number of anilines is 1. The maximum Gasteiger partial charge on any atom is 0.243 e. The van der Waals surface area contributed by atoms with E-state index < -0.39 is 21.1 Å². The summed E-state index contributed by atoms with van der Waals surface area (Å²) < 4.78 is 66.2. The van der Waals surface area contributed by atoms with Crippen molar-refractivity contribution in [2.45, 2.75) is 32.4 Å². The van der Waals surface area contributed by atoms with Gasteiger partial charge in [0, 0.05) is 15.0 Å². The number of furan rings is 1. The number of methoxy groups -OCH3 is 3. The zero-order valence-electron chi connectivity index (χ0n) is 22.5. The highest BCUT2D eigenvalue weighted by atomic mass is 32.2. The van der Waals surface area contributed by atoms with Crippen LogP contribution in [0.2, 0.25) is 0 Å². The molecule has 1 N–H and O–H groups in total. The van der Waals surface area contributed by atoms with Crippen LogP contribution >= 0.6 is 0 Å². The van der Waals surface area contributed by atoms with Crippen LogP contribution < -0.4 is 14.2 Å². The van der Waals surface area contributed by atoms with E-state index in [-0.39, 0.29) is 32.1 Å². The number of benzene rings is 1. The Morgan fingerprint density at radius 1 is 1.05 bits per heavy atom. The van der Waals surface area contributed by atoms with Gasteiger partial charge in [0.2, 0.25) is 21.8 Å². The third-order valence-electron chi connectivity index (χ3n) is 5.36. The van der Waals surface area contributed by atoms with E-state index in [2.05, 4.69) is 24.9 Å². The molecule has 4 rings (SSSR count). The largest absolute Gasteiger partial charge is 0.494 e. The molecule has 0 unspecified atom stereocenters. The SMILES string of the molecule is CC.COC[C@@H](Cc1ncc(F)cn1)S(=O)(=O)Nc1nnc(-c2ccc(C)o2)n1-c1c(OC)cccc1OC.[HH]. The molecule has 212 valence electrons. The highest BCUT2D eigenvalue weighted by molar-refractivity contribution is 7.93. The molecule has 0 aliphatic heterocycles. The average molecular weight is 565 g/mol. The number of halogens is 1. The van der Waals surface area contributed by atoms with E-state index in [1.807, 2.05) is 13.8 Å².